The molecule has 2 N–H and O–H groups in total. The molecule has 1 fully saturated rings. The van der Waals surface area contributed by atoms with E-state index in [0.717, 1.165) is 17.3 Å². The highest BCUT2D eigenvalue weighted by Gasteiger charge is 2.40. The standard InChI is InChI=1S/C18H15N3O4S/c22-14-8-6-13(7-9-14)21-17(25)15(10-16(23)24)26-18(21)20-19-11-12-4-2-1-3-5-12/h1-9,11,15,22H,10H2,(H,23,24)/b19-11-,20-18+/t15-/m1/s1. The summed E-state index contributed by atoms with van der Waals surface area (Å²) in [6.07, 6.45) is 1.25. The Kier molecular flexibility index (Phi) is 5.33. The van der Waals surface area contributed by atoms with Gasteiger partial charge in [0, 0.05) is 0 Å². The predicted molar refractivity (Wildman–Crippen MR) is 101 cm³/mol. The number of amidine groups is 1. The largest absolute Gasteiger partial charge is 0.508 e. The van der Waals surface area contributed by atoms with E-state index in [0.29, 0.717) is 10.9 Å². The van der Waals surface area contributed by atoms with Gasteiger partial charge in [0.05, 0.1) is 18.3 Å². The zero-order valence-corrected chi connectivity index (χ0v) is 14.3. The summed E-state index contributed by atoms with van der Waals surface area (Å²) < 4.78 is 0. The summed E-state index contributed by atoms with van der Waals surface area (Å²) in [4.78, 5) is 24.9. The maximum atomic E-state index is 12.6. The summed E-state index contributed by atoms with van der Waals surface area (Å²) in [6, 6.07) is 15.4. The Labute approximate surface area is 153 Å². The minimum atomic E-state index is -1.06. The molecule has 8 heteroatoms. The molecule has 2 aromatic carbocycles. The van der Waals surface area contributed by atoms with Gasteiger partial charge in [0.25, 0.3) is 0 Å². The molecular formula is C18H15N3O4S. The number of amides is 1. The number of carboxylic acids is 1. The van der Waals surface area contributed by atoms with E-state index >= 15 is 0 Å². The van der Waals surface area contributed by atoms with Gasteiger partial charge in [-0.15, -0.1) is 5.10 Å². The first-order valence-electron chi connectivity index (χ1n) is 7.72. The van der Waals surface area contributed by atoms with Crippen molar-refractivity contribution in [2.75, 3.05) is 4.90 Å². The van der Waals surface area contributed by atoms with Crippen molar-refractivity contribution in [3.8, 4) is 5.75 Å². The quantitative estimate of drug-likeness (QED) is 0.623. The van der Waals surface area contributed by atoms with Gasteiger partial charge >= 0.3 is 5.97 Å². The number of aromatic hydroxyl groups is 1. The molecule has 1 amide bonds. The van der Waals surface area contributed by atoms with Crippen LogP contribution in [0.25, 0.3) is 0 Å². The van der Waals surface area contributed by atoms with Crippen LogP contribution < -0.4 is 4.90 Å². The van der Waals surface area contributed by atoms with Crippen molar-refractivity contribution >= 4 is 40.7 Å². The smallest absolute Gasteiger partial charge is 0.305 e. The third-order valence-corrected chi connectivity index (χ3v) is 4.68. The fourth-order valence-corrected chi connectivity index (χ4v) is 3.43. The summed E-state index contributed by atoms with van der Waals surface area (Å²) in [6.45, 7) is 0. The Morgan fingerprint density at radius 3 is 2.50 bits per heavy atom. The number of phenolic OH excluding ortho intramolecular Hbond substituents is 1. The number of phenols is 1. The number of carbonyl (C=O) groups is 2. The van der Waals surface area contributed by atoms with Crippen LogP contribution >= 0.6 is 11.8 Å². The third-order valence-electron chi connectivity index (χ3n) is 3.55. The fourth-order valence-electron chi connectivity index (χ4n) is 2.35. The molecule has 1 atom stereocenters. The van der Waals surface area contributed by atoms with Crippen LogP contribution in [0.2, 0.25) is 0 Å². The highest BCUT2D eigenvalue weighted by Crippen LogP contribution is 2.34. The summed E-state index contributed by atoms with van der Waals surface area (Å²) in [5.74, 6) is -1.37. The number of hydrogen-bond acceptors (Lipinski definition) is 6. The van der Waals surface area contributed by atoms with Crippen molar-refractivity contribution in [1.82, 2.24) is 0 Å². The van der Waals surface area contributed by atoms with Crippen molar-refractivity contribution in [2.45, 2.75) is 11.7 Å². The van der Waals surface area contributed by atoms with Crippen molar-refractivity contribution in [2.24, 2.45) is 10.2 Å². The Hall–Kier alpha value is -3.13. The highest BCUT2D eigenvalue weighted by molar-refractivity contribution is 8.16. The van der Waals surface area contributed by atoms with Crippen LogP contribution in [0.15, 0.2) is 64.8 Å². The molecule has 7 nitrogen and oxygen atoms in total. The molecule has 0 spiro atoms. The van der Waals surface area contributed by atoms with E-state index in [1.165, 1.54) is 17.0 Å². The van der Waals surface area contributed by atoms with Crippen LogP contribution in [-0.4, -0.2) is 38.7 Å². The summed E-state index contributed by atoms with van der Waals surface area (Å²) in [5.41, 5.74) is 1.34. The first-order valence-corrected chi connectivity index (χ1v) is 8.60. The minimum absolute atomic E-state index is 0.0655. The normalized spacial score (nSPS) is 18.8. The molecule has 132 valence electrons. The van der Waals surface area contributed by atoms with Crippen LogP contribution in [0.1, 0.15) is 12.0 Å². The first kappa shape index (κ1) is 17.7. The first-order chi connectivity index (χ1) is 12.5. The SMILES string of the molecule is O=C(O)C[C@H]1S/C(=N/N=C\c2ccccc2)N(c2ccc(O)cc2)C1=O. The van der Waals surface area contributed by atoms with E-state index in [1.807, 2.05) is 30.3 Å². The zero-order valence-electron chi connectivity index (χ0n) is 13.5. The van der Waals surface area contributed by atoms with Gasteiger partial charge in [-0.25, -0.2) is 0 Å². The number of nitrogens with zero attached hydrogens (tertiary/aromatic N) is 3. The predicted octanol–water partition coefficient (Wildman–Crippen LogP) is 2.71. The van der Waals surface area contributed by atoms with E-state index in [9.17, 15) is 14.7 Å². The average Bonchev–Trinajstić information content (AvgIpc) is 2.92. The molecule has 1 aliphatic heterocycles. The van der Waals surface area contributed by atoms with Crippen molar-refractivity contribution in [3.05, 3.63) is 60.2 Å². The second-order valence-electron chi connectivity index (χ2n) is 5.43. The topological polar surface area (TPSA) is 103 Å². The Bertz CT molecular complexity index is 866. The molecule has 0 unspecified atom stereocenters. The van der Waals surface area contributed by atoms with Crippen LogP contribution in [0.3, 0.4) is 0 Å². The molecule has 0 bridgehead atoms. The number of benzene rings is 2. The lowest BCUT2D eigenvalue weighted by molar-refractivity contribution is -0.138. The third kappa shape index (κ3) is 4.09. The van der Waals surface area contributed by atoms with Gasteiger partial charge < -0.3 is 10.2 Å². The van der Waals surface area contributed by atoms with E-state index in [4.69, 9.17) is 5.11 Å². The van der Waals surface area contributed by atoms with Gasteiger partial charge in [-0.05, 0) is 29.8 Å². The zero-order chi connectivity index (χ0) is 18.5. The van der Waals surface area contributed by atoms with Gasteiger partial charge in [0.1, 0.15) is 11.0 Å². The second kappa shape index (κ2) is 7.83. The van der Waals surface area contributed by atoms with E-state index in [1.54, 1.807) is 18.3 Å². The number of hydrogen-bond donors (Lipinski definition) is 2. The summed E-state index contributed by atoms with van der Waals surface area (Å²) in [7, 11) is 0. The maximum absolute atomic E-state index is 12.6. The highest BCUT2D eigenvalue weighted by atomic mass is 32.2. The molecule has 0 aliphatic carbocycles. The summed E-state index contributed by atoms with van der Waals surface area (Å²) >= 11 is 1.06. The minimum Gasteiger partial charge on any atom is -0.508 e. The molecule has 26 heavy (non-hydrogen) atoms. The number of carboxylic acid groups (broad SMARTS) is 1. The Balaban J connectivity index is 1.90. The van der Waals surface area contributed by atoms with Crippen LogP contribution in [0.5, 0.6) is 5.75 Å². The molecule has 1 saturated heterocycles. The number of anilines is 1. The lowest BCUT2D eigenvalue weighted by Crippen LogP contribution is -2.32. The number of rotatable bonds is 5. The average molecular weight is 369 g/mol. The van der Waals surface area contributed by atoms with Crippen molar-refractivity contribution < 1.29 is 19.8 Å². The van der Waals surface area contributed by atoms with Gasteiger partial charge in [-0.3, -0.25) is 14.5 Å². The number of aliphatic carboxylic acids is 1. The van der Waals surface area contributed by atoms with Crippen molar-refractivity contribution in [1.29, 1.82) is 0 Å². The molecule has 0 radical (unpaired) electrons. The summed E-state index contributed by atoms with van der Waals surface area (Å²) in [5, 5.41) is 26.1. The van der Waals surface area contributed by atoms with Gasteiger partial charge in [-0.2, -0.15) is 5.10 Å². The molecular weight excluding hydrogens is 354 g/mol. The number of thioether (sulfide) groups is 1. The second-order valence-corrected chi connectivity index (χ2v) is 6.60. The lowest BCUT2D eigenvalue weighted by atomic mass is 10.2. The Morgan fingerprint density at radius 1 is 1.15 bits per heavy atom. The van der Waals surface area contributed by atoms with Gasteiger partial charge in [-0.1, -0.05) is 42.1 Å². The molecule has 1 heterocycles. The van der Waals surface area contributed by atoms with Crippen LogP contribution in [0.4, 0.5) is 5.69 Å². The van der Waals surface area contributed by atoms with Gasteiger partial charge in [0.15, 0.2) is 5.17 Å². The lowest BCUT2D eigenvalue weighted by Gasteiger charge is -2.15. The number of carbonyl (C=O) groups excluding carboxylic acids is 1. The molecule has 0 aromatic heterocycles. The van der Waals surface area contributed by atoms with Crippen LogP contribution in [0, 0.1) is 0 Å². The fraction of sp³-hybridized carbons (Fsp3) is 0.111. The van der Waals surface area contributed by atoms with E-state index in [2.05, 4.69) is 10.2 Å². The Morgan fingerprint density at radius 2 is 1.85 bits per heavy atom. The molecule has 1 aliphatic rings. The molecule has 2 aromatic rings. The van der Waals surface area contributed by atoms with Crippen LogP contribution in [-0.2, 0) is 9.59 Å². The monoisotopic (exact) mass is 369 g/mol. The van der Waals surface area contributed by atoms with Gasteiger partial charge in [0.2, 0.25) is 5.91 Å². The maximum Gasteiger partial charge on any atom is 0.305 e. The van der Waals surface area contributed by atoms with E-state index < -0.39 is 11.2 Å². The molecule has 0 saturated carbocycles. The van der Waals surface area contributed by atoms with Crippen molar-refractivity contribution in [3.63, 3.8) is 0 Å². The van der Waals surface area contributed by atoms with E-state index in [-0.39, 0.29) is 18.1 Å². The molecule has 3 rings (SSSR count).